The highest BCUT2D eigenvalue weighted by atomic mass is 16.5. The molecule has 27 heavy (non-hydrogen) atoms. The number of carboxylic acid groups (broad SMARTS) is 1. The zero-order chi connectivity index (χ0) is 19.6. The van der Waals surface area contributed by atoms with Gasteiger partial charge in [-0.2, -0.15) is 0 Å². The zero-order valence-corrected chi connectivity index (χ0v) is 15.1. The Bertz CT molecular complexity index is 676. The van der Waals surface area contributed by atoms with Crippen LogP contribution in [0.4, 0.5) is 0 Å². The number of carbonyl (C=O) groups excluding carboxylic acids is 3. The summed E-state index contributed by atoms with van der Waals surface area (Å²) in [5.41, 5.74) is 1.04. The molecule has 1 aliphatic rings. The van der Waals surface area contributed by atoms with Gasteiger partial charge in [0.05, 0.1) is 13.0 Å². The highest BCUT2D eigenvalue weighted by Gasteiger charge is 2.34. The van der Waals surface area contributed by atoms with E-state index in [-0.39, 0.29) is 38.2 Å². The third-order valence-electron chi connectivity index (χ3n) is 4.29. The average Bonchev–Trinajstić information content (AvgIpc) is 2.64. The highest BCUT2D eigenvalue weighted by molar-refractivity contribution is 5.92. The molecular weight excluding hydrogens is 352 g/mol. The number of hydrogen-bond acceptors (Lipinski definition) is 5. The molecule has 1 aliphatic heterocycles. The van der Waals surface area contributed by atoms with E-state index in [1.54, 1.807) is 0 Å². The summed E-state index contributed by atoms with van der Waals surface area (Å²) < 4.78 is 5.20. The monoisotopic (exact) mass is 376 g/mol. The molecular formula is C19H24N2O6. The number of rotatable bonds is 9. The van der Waals surface area contributed by atoms with Crippen LogP contribution in [0, 0.1) is 0 Å². The zero-order valence-electron chi connectivity index (χ0n) is 15.1. The predicted molar refractivity (Wildman–Crippen MR) is 95.7 cm³/mol. The molecule has 1 saturated heterocycles. The van der Waals surface area contributed by atoms with E-state index < -0.39 is 23.9 Å². The van der Waals surface area contributed by atoms with Crippen LogP contribution < -0.4 is 5.32 Å². The Hall–Kier alpha value is -2.90. The second-order valence-electron chi connectivity index (χ2n) is 6.30. The quantitative estimate of drug-likeness (QED) is 0.615. The van der Waals surface area contributed by atoms with Crippen molar-refractivity contribution < 1.29 is 29.0 Å². The minimum atomic E-state index is -0.974. The molecule has 1 heterocycles. The van der Waals surface area contributed by atoms with Gasteiger partial charge in [0, 0.05) is 32.4 Å². The van der Waals surface area contributed by atoms with Gasteiger partial charge in [-0.25, -0.2) is 0 Å². The first kappa shape index (κ1) is 20.4. The van der Waals surface area contributed by atoms with E-state index in [1.165, 1.54) is 4.90 Å². The van der Waals surface area contributed by atoms with Crippen LogP contribution in [0.25, 0.3) is 0 Å². The van der Waals surface area contributed by atoms with Gasteiger partial charge in [0.25, 0.3) is 0 Å². The second kappa shape index (κ2) is 10.3. The lowest BCUT2D eigenvalue weighted by Crippen LogP contribution is -2.57. The number of aliphatic carboxylic acids is 1. The van der Waals surface area contributed by atoms with Crippen LogP contribution >= 0.6 is 0 Å². The molecule has 0 aliphatic carbocycles. The molecule has 8 nitrogen and oxygen atoms in total. The molecule has 2 amide bonds. The molecule has 1 aromatic rings. The summed E-state index contributed by atoms with van der Waals surface area (Å²) in [7, 11) is 0. The van der Waals surface area contributed by atoms with Crippen molar-refractivity contribution in [2.75, 3.05) is 19.7 Å². The fraction of sp³-hybridized carbons (Fsp3) is 0.474. The van der Waals surface area contributed by atoms with Crippen molar-refractivity contribution in [1.29, 1.82) is 0 Å². The Kier molecular flexibility index (Phi) is 7.79. The maximum atomic E-state index is 12.3. The smallest absolute Gasteiger partial charge is 0.308 e. The van der Waals surface area contributed by atoms with Crippen LogP contribution in [0.1, 0.15) is 31.2 Å². The maximum Gasteiger partial charge on any atom is 0.308 e. The van der Waals surface area contributed by atoms with Gasteiger partial charge < -0.3 is 20.1 Å². The fourth-order valence-electron chi connectivity index (χ4n) is 2.89. The molecule has 0 radical (unpaired) electrons. The van der Waals surface area contributed by atoms with Gasteiger partial charge in [-0.3, -0.25) is 19.2 Å². The Labute approximate surface area is 157 Å². The summed E-state index contributed by atoms with van der Waals surface area (Å²) in [6.07, 6.45) is 0.463. The number of carboxylic acids is 1. The average molecular weight is 376 g/mol. The SMILES string of the molecule is O=C(O)CCCC(=O)N1CCNC(=O)[C@H]1CC(=O)OCCc1ccccc1. The molecule has 0 bridgehead atoms. The number of carbonyl (C=O) groups is 4. The summed E-state index contributed by atoms with van der Waals surface area (Å²) in [6.45, 7) is 0.798. The number of amides is 2. The van der Waals surface area contributed by atoms with Crippen molar-refractivity contribution in [3.8, 4) is 0 Å². The summed E-state index contributed by atoms with van der Waals surface area (Å²) >= 11 is 0. The van der Waals surface area contributed by atoms with E-state index in [9.17, 15) is 19.2 Å². The van der Waals surface area contributed by atoms with Gasteiger partial charge in [0.2, 0.25) is 11.8 Å². The number of nitrogens with zero attached hydrogens (tertiary/aromatic N) is 1. The molecule has 2 rings (SSSR count). The Morgan fingerprint density at radius 3 is 2.63 bits per heavy atom. The van der Waals surface area contributed by atoms with Gasteiger partial charge in [0.1, 0.15) is 6.04 Å². The summed E-state index contributed by atoms with van der Waals surface area (Å²) in [5.74, 6) is -2.24. The molecule has 2 N–H and O–H groups in total. The minimum Gasteiger partial charge on any atom is -0.481 e. The number of ether oxygens (including phenoxy) is 1. The lowest BCUT2D eigenvalue weighted by Gasteiger charge is -2.34. The van der Waals surface area contributed by atoms with Gasteiger partial charge in [-0.1, -0.05) is 30.3 Å². The van der Waals surface area contributed by atoms with E-state index >= 15 is 0 Å². The first-order valence-corrected chi connectivity index (χ1v) is 8.96. The normalized spacial score (nSPS) is 16.5. The first-order valence-electron chi connectivity index (χ1n) is 8.96. The lowest BCUT2D eigenvalue weighted by molar-refractivity contribution is -0.151. The Morgan fingerprint density at radius 1 is 1.19 bits per heavy atom. The number of benzene rings is 1. The van der Waals surface area contributed by atoms with Crippen molar-refractivity contribution in [2.45, 2.75) is 38.1 Å². The van der Waals surface area contributed by atoms with Crippen molar-refractivity contribution >= 4 is 23.8 Å². The van der Waals surface area contributed by atoms with Gasteiger partial charge in [0.15, 0.2) is 0 Å². The largest absolute Gasteiger partial charge is 0.481 e. The standard InChI is InChI=1S/C19H24N2O6/c22-16(7-4-8-17(23)24)21-11-10-20-19(26)15(21)13-18(25)27-12-9-14-5-2-1-3-6-14/h1-3,5-6,15H,4,7-13H2,(H,20,26)(H,23,24)/t15-/m1/s1. The van der Waals surface area contributed by atoms with Crippen molar-refractivity contribution in [1.82, 2.24) is 10.2 Å². The Morgan fingerprint density at radius 2 is 1.93 bits per heavy atom. The molecule has 1 fully saturated rings. The molecule has 0 spiro atoms. The lowest BCUT2D eigenvalue weighted by atomic mass is 10.1. The van der Waals surface area contributed by atoms with Gasteiger partial charge in [-0.15, -0.1) is 0 Å². The predicted octanol–water partition coefficient (Wildman–Crippen LogP) is 0.744. The summed E-state index contributed by atoms with van der Waals surface area (Å²) in [5, 5.41) is 11.3. The Balaban J connectivity index is 1.84. The van der Waals surface area contributed by atoms with Crippen LogP contribution in [-0.2, 0) is 30.3 Å². The van der Waals surface area contributed by atoms with E-state index in [1.807, 2.05) is 30.3 Å². The number of nitrogens with one attached hydrogen (secondary N) is 1. The molecule has 1 atom stereocenters. The van der Waals surface area contributed by atoms with Crippen LogP contribution in [0.5, 0.6) is 0 Å². The summed E-state index contributed by atoms with van der Waals surface area (Å²) in [6, 6.07) is 8.65. The molecule has 146 valence electrons. The molecule has 0 aromatic heterocycles. The number of esters is 1. The van der Waals surface area contributed by atoms with Crippen LogP contribution in [0.15, 0.2) is 30.3 Å². The van der Waals surface area contributed by atoms with Gasteiger partial charge in [-0.05, 0) is 12.0 Å². The van der Waals surface area contributed by atoms with E-state index in [4.69, 9.17) is 9.84 Å². The minimum absolute atomic E-state index is 0.0269. The van der Waals surface area contributed by atoms with Crippen molar-refractivity contribution in [3.05, 3.63) is 35.9 Å². The molecule has 0 saturated carbocycles. The van der Waals surface area contributed by atoms with E-state index in [2.05, 4.69) is 5.32 Å². The van der Waals surface area contributed by atoms with Crippen molar-refractivity contribution in [3.63, 3.8) is 0 Å². The van der Waals surface area contributed by atoms with E-state index in [0.717, 1.165) is 5.56 Å². The molecule has 8 heteroatoms. The van der Waals surface area contributed by atoms with Gasteiger partial charge >= 0.3 is 11.9 Å². The third-order valence-corrected chi connectivity index (χ3v) is 4.29. The van der Waals surface area contributed by atoms with Crippen LogP contribution in [0.3, 0.4) is 0 Å². The second-order valence-corrected chi connectivity index (χ2v) is 6.30. The van der Waals surface area contributed by atoms with Crippen LogP contribution in [0.2, 0.25) is 0 Å². The topological polar surface area (TPSA) is 113 Å². The maximum absolute atomic E-state index is 12.3. The third kappa shape index (κ3) is 6.73. The molecule has 1 aromatic carbocycles. The first-order chi connectivity index (χ1) is 13.0. The number of hydrogen-bond donors (Lipinski definition) is 2. The van der Waals surface area contributed by atoms with E-state index in [0.29, 0.717) is 19.5 Å². The molecule has 0 unspecified atom stereocenters. The highest BCUT2D eigenvalue weighted by Crippen LogP contribution is 2.13. The van der Waals surface area contributed by atoms with Crippen LogP contribution in [-0.4, -0.2) is 59.5 Å². The number of piperazine rings is 1. The summed E-state index contributed by atoms with van der Waals surface area (Å²) in [4.78, 5) is 48.5. The fourth-order valence-corrected chi connectivity index (χ4v) is 2.89. The van der Waals surface area contributed by atoms with Crippen molar-refractivity contribution in [2.24, 2.45) is 0 Å².